The molecule has 0 saturated carbocycles. The Labute approximate surface area is 117 Å². The van der Waals surface area contributed by atoms with Crippen LogP contribution in [0.2, 0.25) is 5.02 Å². The maximum absolute atomic E-state index is 13.3. The zero-order valence-electron chi connectivity index (χ0n) is 9.18. The van der Waals surface area contributed by atoms with Gasteiger partial charge in [0.25, 0.3) is 0 Å². The van der Waals surface area contributed by atoms with Crippen LogP contribution in [0.3, 0.4) is 0 Å². The molecule has 0 aromatic heterocycles. The standard InChI is InChI=1S/C13H9BrClF2N/c14-10-3-1-8(5-12(10)16)7-18-9-2-4-11(15)13(17)6-9/h1-6,18H,7H2. The first-order chi connectivity index (χ1) is 8.56. The number of nitrogens with one attached hydrogen (secondary N) is 1. The van der Waals surface area contributed by atoms with Crippen molar-refractivity contribution < 1.29 is 8.78 Å². The molecule has 94 valence electrons. The average molecular weight is 333 g/mol. The van der Waals surface area contributed by atoms with E-state index < -0.39 is 5.82 Å². The van der Waals surface area contributed by atoms with E-state index in [1.54, 1.807) is 18.2 Å². The van der Waals surface area contributed by atoms with Gasteiger partial charge in [0.2, 0.25) is 0 Å². The number of anilines is 1. The number of hydrogen-bond donors (Lipinski definition) is 1. The minimum atomic E-state index is -0.483. The first-order valence-electron chi connectivity index (χ1n) is 5.19. The molecule has 1 N–H and O–H groups in total. The van der Waals surface area contributed by atoms with Crippen molar-refractivity contribution in [3.63, 3.8) is 0 Å². The zero-order valence-corrected chi connectivity index (χ0v) is 11.5. The molecule has 2 aromatic carbocycles. The van der Waals surface area contributed by atoms with Gasteiger partial charge in [0.1, 0.15) is 11.6 Å². The Bertz CT molecular complexity index is 523. The van der Waals surface area contributed by atoms with E-state index in [0.29, 0.717) is 16.7 Å². The van der Waals surface area contributed by atoms with Crippen LogP contribution in [0.1, 0.15) is 5.56 Å². The van der Waals surface area contributed by atoms with Crippen molar-refractivity contribution in [2.75, 3.05) is 5.32 Å². The maximum atomic E-state index is 13.3. The number of rotatable bonds is 3. The fraction of sp³-hybridized carbons (Fsp3) is 0.0769. The van der Waals surface area contributed by atoms with Gasteiger partial charge in [-0.15, -0.1) is 0 Å². The summed E-state index contributed by atoms with van der Waals surface area (Å²) in [4.78, 5) is 0. The fourth-order valence-electron chi connectivity index (χ4n) is 1.46. The van der Waals surface area contributed by atoms with Gasteiger partial charge >= 0.3 is 0 Å². The lowest BCUT2D eigenvalue weighted by Crippen LogP contribution is -2.00. The quantitative estimate of drug-likeness (QED) is 0.834. The van der Waals surface area contributed by atoms with E-state index in [-0.39, 0.29) is 10.8 Å². The van der Waals surface area contributed by atoms with Crippen LogP contribution >= 0.6 is 27.5 Å². The summed E-state index contributed by atoms with van der Waals surface area (Å²) in [6.07, 6.45) is 0. The van der Waals surface area contributed by atoms with Crippen LogP contribution in [0, 0.1) is 11.6 Å². The Morgan fingerprint density at radius 2 is 1.83 bits per heavy atom. The van der Waals surface area contributed by atoms with Gasteiger partial charge in [0.15, 0.2) is 0 Å². The Balaban J connectivity index is 2.06. The highest BCUT2D eigenvalue weighted by Crippen LogP contribution is 2.20. The van der Waals surface area contributed by atoms with Crippen molar-refractivity contribution in [3.05, 3.63) is 63.1 Å². The van der Waals surface area contributed by atoms with Gasteiger partial charge in [-0.05, 0) is 51.8 Å². The lowest BCUT2D eigenvalue weighted by atomic mass is 10.2. The zero-order chi connectivity index (χ0) is 13.1. The summed E-state index contributed by atoms with van der Waals surface area (Å²) in [5.74, 6) is -0.805. The van der Waals surface area contributed by atoms with E-state index in [0.717, 1.165) is 5.56 Å². The molecule has 0 spiro atoms. The van der Waals surface area contributed by atoms with Gasteiger partial charge in [0, 0.05) is 12.2 Å². The third kappa shape index (κ3) is 3.21. The molecular weight excluding hydrogens is 324 g/mol. The number of hydrogen-bond acceptors (Lipinski definition) is 1. The molecule has 0 radical (unpaired) electrons. The molecule has 0 aliphatic rings. The van der Waals surface area contributed by atoms with Crippen molar-refractivity contribution >= 4 is 33.2 Å². The van der Waals surface area contributed by atoms with Crippen LogP contribution in [0.5, 0.6) is 0 Å². The van der Waals surface area contributed by atoms with E-state index in [9.17, 15) is 8.78 Å². The molecule has 0 atom stereocenters. The molecule has 2 rings (SSSR count). The summed E-state index contributed by atoms with van der Waals surface area (Å²) in [5.41, 5.74) is 1.37. The monoisotopic (exact) mass is 331 g/mol. The summed E-state index contributed by atoms with van der Waals surface area (Å²) in [6, 6.07) is 9.28. The molecule has 5 heteroatoms. The van der Waals surface area contributed by atoms with Crippen LogP contribution in [-0.4, -0.2) is 0 Å². The van der Waals surface area contributed by atoms with Crippen molar-refractivity contribution in [2.24, 2.45) is 0 Å². The molecule has 0 aliphatic carbocycles. The molecule has 0 saturated heterocycles. The highest BCUT2D eigenvalue weighted by atomic mass is 79.9. The fourth-order valence-corrected chi connectivity index (χ4v) is 1.82. The first kappa shape index (κ1) is 13.3. The van der Waals surface area contributed by atoms with Crippen molar-refractivity contribution in [2.45, 2.75) is 6.54 Å². The summed E-state index contributed by atoms with van der Waals surface area (Å²) in [5, 5.41) is 3.07. The summed E-state index contributed by atoms with van der Waals surface area (Å²) in [6.45, 7) is 0.408. The number of halogens is 4. The van der Waals surface area contributed by atoms with Gasteiger partial charge in [-0.25, -0.2) is 8.78 Å². The molecule has 0 unspecified atom stereocenters. The summed E-state index contributed by atoms with van der Waals surface area (Å²) >= 11 is 8.66. The van der Waals surface area contributed by atoms with Crippen LogP contribution in [0.4, 0.5) is 14.5 Å². The molecule has 0 fully saturated rings. The minimum absolute atomic E-state index is 0.0789. The van der Waals surface area contributed by atoms with Gasteiger partial charge < -0.3 is 5.32 Å². The Hall–Kier alpha value is -1.13. The summed E-state index contributed by atoms with van der Waals surface area (Å²) < 4.78 is 26.9. The van der Waals surface area contributed by atoms with Gasteiger partial charge in [-0.1, -0.05) is 17.7 Å². The lowest BCUT2D eigenvalue weighted by molar-refractivity contribution is 0.619. The third-order valence-electron chi connectivity index (χ3n) is 2.40. The van der Waals surface area contributed by atoms with E-state index in [4.69, 9.17) is 11.6 Å². The van der Waals surface area contributed by atoms with E-state index in [1.807, 2.05) is 0 Å². The molecule has 1 nitrogen and oxygen atoms in total. The van der Waals surface area contributed by atoms with Crippen LogP contribution in [0.15, 0.2) is 40.9 Å². The van der Waals surface area contributed by atoms with Gasteiger partial charge in [0.05, 0.1) is 9.50 Å². The lowest BCUT2D eigenvalue weighted by Gasteiger charge is -2.07. The molecule has 0 amide bonds. The van der Waals surface area contributed by atoms with Crippen molar-refractivity contribution in [1.29, 1.82) is 0 Å². The first-order valence-corrected chi connectivity index (χ1v) is 6.36. The van der Waals surface area contributed by atoms with Crippen molar-refractivity contribution in [1.82, 2.24) is 0 Å². The predicted octanol–water partition coefficient (Wildman–Crippen LogP) is 4.99. The normalized spacial score (nSPS) is 10.4. The molecular formula is C13H9BrClF2N. The minimum Gasteiger partial charge on any atom is -0.381 e. The molecule has 0 aliphatic heterocycles. The second-order valence-electron chi connectivity index (χ2n) is 3.73. The topological polar surface area (TPSA) is 12.0 Å². The molecule has 0 heterocycles. The maximum Gasteiger partial charge on any atom is 0.143 e. The summed E-state index contributed by atoms with van der Waals surface area (Å²) in [7, 11) is 0. The van der Waals surface area contributed by atoms with E-state index in [2.05, 4.69) is 21.2 Å². The van der Waals surface area contributed by atoms with Gasteiger partial charge in [-0.3, -0.25) is 0 Å². The van der Waals surface area contributed by atoms with E-state index >= 15 is 0 Å². The van der Waals surface area contributed by atoms with Gasteiger partial charge in [-0.2, -0.15) is 0 Å². The molecule has 18 heavy (non-hydrogen) atoms. The Morgan fingerprint density at radius 3 is 2.50 bits per heavy atom. The van der Waals surface area contributed by atoms with E-state index in [1.165, 1.54) is 18.2 Å². The second kappa shape index (κ2) is 5.67. The highest BCUT2D eigenvalue weighted by molar-refractivity contribution is 9.10. The molecule has 0 bridgehead atoms. The predicted molar refractivity (Wildman–Crippen MR) is 72.8 cm³/mol. The van der Waals surface area contributed by atoms with Crippen molar-refractivity contribution in [3.8, 4) is 0 Å². The third-order valence-corrected chi connectivity index (χ3v) is 3.35. The average Bonchev–Trinajstić information content (AvgIpc) is 2.35. The largest absolute Gasteiger partial charge is 0.381 e. The SMILES string of the molecule is Fc1cc(NCc2ccc(Br)c(F)c2)ccc1Cl. The second-order valence-corrected chi connectivity index (χ2v) is 4.99. The Morgan fingerprint density at radius 1 is 1.06 bits per heavy atom. The van der Waals surface area contributed by atoms with Crippen LogP contribution in [-0.2, 0) is 6.54 Å². The van der Waals surface area contributed by atoms with Crippen LogP contribution in [0.25, 0.3) is 0 Å². The Kier molecular flexibility index (Phi) is 4.19. The smallest absolute Gasteiger partial charge is 0.143 e. The molecule has 2 aromatic rings. The van der Waals surface area contributed by atoms with Crippen LogP contribution < -0.4 is 5.32 Å². The number of benzene rings is 2. The highest BCUT2D eigenvalue weighted by Gasteiger charge is 2.03.